The van der Waals surface area contributed by atoms with Gasteiger partial charge in [-0.2, -0.15) is 4.98 Å². The van der Waals surface area contributed by atoms with Crippen LogP contribution in [-0.4, -0.2) is 17.5 Å². The third kappa shape index (κ3) is 8.07. The molecule has 4 nitrogen and oxygen atoms in total. The number of carbonyl (C=O) groups excluding carboxylic acids is 1. The second-order valence-corrected chi connectivity index (χ2v) is 8.59. The van der Waals surface area contributed by atoms with E-state index in [0.29, 0.717) is 15.5 Å². The Labute approximate surface area is 161 Å². The zero-order valence-electron chi connectivity index (χ0n) is 14.5. The Morgan fingerprint density at radius 1 is 1.12 bits per heavy atom. The van der Waals surface area contributed by atoms with E-state index in [4.69, 9.17) is 17.0 Å². The molecule has 25 heavy (non-hydrogen) atoms. The lowest BCUT2D eigenvalue weighted by molar-refractivity contribution is -0.115. The van der Waals surface area contributed by atoms with E-state index < -0.39 is 0 Å². The Morgan fingerprint density at radius 3 is 2.52 bits per heavy atom. The van der Waals surface area contributed by atoms with Gasteiger partial charge in [0.1, 0.15) is 5.75 Å². The van der Waals surface area contributed by atoms with Gasteiger partial charge in [-0.1, -0.05) is 51.2 Å². The van der Waals surface area contributed by atoms with Crippen molar-refractivity contribution in [1.82, 2.24) is 4.98 Å². The van der Waals surface area contributed by atoms with E-state index >= 15 is 0 Å². The number of nitrogens with one attached hydrogen (secondary N) is 1. The molecule has 1 aromatic heterocycles. The summed E-state index contributed by atoms with van der Waals surface area (Å²) in [5.41, 5.74) is 0.947. The van der Waals surface area contributed by atoms with Crippen LogP contribution in [0.15, 0.2) is 24.3 Å². The van der Waals surface area contributed by atoms with Crippen LogP contribution in [0, 0.1) is 3.95 Å². The third-order valence-corrected chi connectivity index (χ3v) is 6.21. The zero-order valence-corrected chi connectivity index (χ0v) is 16.9. The highest BCUT2D eigenvalue weighted by atomic mass is 32.9. The molecule has 1 aromatic carbocycles. The molecule has 0 aliphatic carbocycles. The van der Waals surface area contributed by atoms with Gasteiger partial charge in [0.2, 0.25) is 11.0 Å². The lowest BCUT2D eigenvalue weighted by Crippen LogP contribution is -2.14. The molecule has 1 heterocycles. The summed E-state index contributed by atoms with van der Waals surface area (Å²) < 4.78 is 6.30. The molecule has 0 saturated carbocycles. The molecule has 2 aromatic rings. The molecule has 1 amide bonds. The van der Waals surface area contributed by atoms with Crippen molar-refractivity contribution in [3.8, 4) is 5.75 Å². The number of unbranched alkanes of at least 4 members (excludes halogenated alkanes) is 5. The van der Waals surface area contributed by atoms with E-state index in [0.717, 1.165) is 24.3 Å². The number of rotatable bonds is 11. The number of hydrogen-bond acceptors (Lipinski definition) is 6. The zero-order chi connectivity index (χ0) is 17.9. The number of carbonyl (C=O) groups is 1. The molecule has 136 valence electrons. The Hall–Kier alpha value is -1.31. The smallest absolute Gasteiger partial charge is 0.230 e. The minimum Gasteiger partial charge on any atom is -0.494 e. The highest BCUT2D eigenvalue weighted by Gasteiger charge is 2.07. The molecule has 1 N–H and O–H groups in total. The second kappa shape index (κ2) is 11.3. The van der Waals surface area contributed by atoms with Crippen LogP contribution in [0.3, 0.4) is 0 Å². The number of amides is 1. The van der Waals surface area contributed by atoms with E-state index in [2.05, 4.69) is 17.2 Å². The van der Waals surface area contributed by atoms with Crippen LogP contribution < -0.4 is 10.1 Å². The molecule has 7 heteroatoms. The minimum atomic E-state index is -0.0858. The molecule has 0 bridgehead atoms. The number of hydrogen-bond donors (Lipinski definition) is 1. The van der Waals surface area contributed by atoms with E-state index in [-0.39, 0.29) is 5.91 Å². The van der Waals surface area contributed by atoms with Crippen LogP contribution in [0.4, 0.5) is 5.13 Å². The molecule has 0 saturated heterocycles. The van der Waals surface area contributed by atoms with Gasteiger partial charge < -0.3 is 10.1 Å². The van der Waals surface area contributed by atoms with Crippen molar-refractivity contribution in [3.63, 3.8) is 0 Å². The monoisotopic (exact) mass is 396 g/mol. The fourth-order valence-corrected chi connectivity index (χ4v) is 4.24. The van der Waals surface area contributed by atoms with Crippen molar-refractivity contribution in [2.75, 3.05) is 11.9 Å². The largest absolute Gasteiger partial charge is 0.494 e. The fraction of sp³-hybridized carbons (Fsp3) is 0.500. The van der Waals surface area contributed by atoms with Gasteiger partial charge >= 0.3 is 0 Å². The topological polar surface area (TPSA) is 51.2 Å². The number of benzene rings is 1. The molecule has 2 rings (SSSR count). The highest BCUT2D eigenvalue weighted by molar-refractivity contribution is 7.79. The fourth-order valence-electron chi connectivity index (χ4n) is 2.37. The Bertz CT molecular complexity index is 695. The molecule has 0 fully saturated rings. The van der Waals surface area contributed by atoms with Crippen molar-refractivity contribution in [3.05, 3.63) is 33.8 Å². The van der Waals surface area contributed by atoms with Gasteiger partial charge in [0.15, 0.2) is 3.95 Å². The summed E-state index contributed by atoms with van der Waals surface area (Å²) in [6, 6.07) is 7.71. The maximum absolute atomic E-state index is 12.0. The van der Waals surface area contributed by atoms with E-state index in [9.17, 15) is 4.79 Å². The van der Waals surface area contributed by atoms with Gasteiger partial charge in [-0.15, -0.1) is 0 Å². The van der Waals surface area contributed by atoms with Crippen LogP contribution in [0.2, 0.25) is 0 Å². The first kappa shape index (κ1) is 20.0. The maximum atomic E-state index is 12.0. The van der Waals surface area contributed by atoms with E-state index in [1.807, 2.05) is 24.3 Å². The van der Waals surface area contributed by atoms with Crippen LogP contribution in [0.5, 0.6) is 5.75 Å². The van der Waals surface area contributed by atoms with Crippen molar-refractivity contribution in [1.29, 1.82) is 0 Å². The summed E-state index contributed by atoms with van der Waals surface area (Å²) in [4.78, 5) is 16.1. The van der Waals surface area contributed by atoms with Crippen molar-refractivity contribution in [2.45, 2.75) is 51.9 Å². The third-order valence-electron chi connectivity index (χ3n) is 3.69. The Kier molecular flexibility index (Phi) is 9.07. The van der Waals surface area contributed by atoms with Crippen LogP contribution in [-0.2, 0) is 11.2 Å². The van der Waals surface area contributed by atoms with Gasteiger partial charge in [0.05, 0.1) is 13.0 Å². The van der Waals surface area contributed by atoms with Crippen LogP contribution in [0.25, 0.3) is 0 Å². The molecule has 0 aliphatic heterocycles. The van der Waals surface area contributed by atoms with E-state index in [1.165, 1.54) is 52.8 Å². The Balaban J connectivity index is 1.67. The summed E-state index contributed by atoms with van der Waals surface area (Å²) >= 11 is 4.95. The van der Waals surface area contributed by atoms with Crippen LogP contribution >= 0.6 is 32.9 Å². The highest BCUT2D eigenvalue weighted by Crippen LogP contribution is 2.19. The predicted octanol–water partition coefficient (Wildman–Crippen LogP) is 5.85. The van der Waals surface area contributed by atoms with Crippen molar-refractivity contribution < 1.29 is 9.53 Å². The molecule has 0 atom stereocenters. The lowest BCUT2D eigenvalue weighted by atomic mass is 10.1. The number of ether oxygens (including phenoxy) is 1. The van der Waals surface area contributed by atoms with Gasteiger partial charge in [-0.3, -0.25) is 4.79 Å². The minimum absolute atomic E-state index is 0.0858. The average Bonchev–Trinajstić information content (AvgIpc) is 3.00. The molecule has 0 spiro atoms. The maximum Gasteiger partial charge on any atom is 0.230 e. The Morgan fingerprint density at radius 2 is 1.84 bits per heavy atom. The predicted molar refractivity (Wildman–Crippen MR) is 108 cm³/mol. The van der Waals surface area contributed by atoms with Gasteiger partial charge in [-0.25, -0.2) is 0 Å². The first-order chi connectivity index (χ1) is 12.2. The van der Waals surface area contributed by atoms with Gasteiger partial charge in [0.25, 0.3) is 0 Å². The summed E-state index contributed by atoms with van der Waals surface area (Å²) in [5.74, 6) is 0.771. The molecular weight excluding hydrogens is 372 g/mol. The molecule has 0 unspecified atom stereocenters. The number of aromatic nitrogens is 1. The summed E-state index contributed by atoms with van der Waals surface area (Å²) in [6.45, 7) is 2.98. The first-order valence-electron chi connectivity index (χ1n) is 8.66. The lowest BCUT2D eigenvalue weighted by Gasteiger charge is -2.07. The van der Waals surface area contributed by atoms with Crippen molar-refractivity contribution in [2.24, 2.45) is 0 Å². The first-order valence-corrected chi connectivity index (χ1v) is 11.2. The second-order valence-electron chi connectivity index (χ2n) is 5.83. The summed E-state index contributed by atoms with van der Waals surface area (Å²) in [6.07, 6.45) is 7.85. The summed E-state index contributed by atoms with van der Waals surface area (Å²) in [5, 5.41) is 3.34. The SMILES string of the molecule is CCCCCCCCOc1ccc(CC(=O)Nc2nc(=S)ss2)cc1. The molecule has 0 aliphatic rings. The molecule has 0 radical (unpaired) electrons. The standard InChI is InChI=1S/C18H24N2O2S3/c1-2-3-4-5-6-7-12-22-15-10-8-14(9-11-15)13-16(21)19-17-20-18(23)25-24-17/h8-11H,2-7,12-13H2,1H3,(H,19,20,21,23). The molecular formula is C18H24N2O2S3. The van der Waals surface area contributed by atoms with Gasteiger partial charge in [0, 0.05) is 0 Å². The van der Waals surface area contributed by atoms with Crippen molar-refractivity contribution >= 4 is 43.9 Å². The average molecular weight is 397 g/mol. The number of nitrogens with zero attached hydrogens (tertiary/aromatic N) is 1. The summed E-state index contributed by atoms with van der Waals surface area (Å²) in [7, 11) is 2.77. The van der Waals surface area contributed by atoms with Gasteiger partial charge in [-0.05, 0) is 57.0 Å². The van der Waals surface area contributed by atoms with E-state index in [1.54, 1.807) is 0 Å². The quantitative estimate of drug-likeness (QED) is 0.294. The normalized spacial score (nSPS) is 10.6. The van der Waals surface area contributed by atoms with Crippen LogP contribution in [0.1, 0.15) is 51.0 Å². The number of anilines is 1.